The fourth-order valence-electron chi connectivity index (χ4n) is 1.66. The van der Waals surface area contributed by atoms with Crippen LogP contribution in [0.5, 0.6) is 5.75 Å². The Morgan fingerprint density at radius 1 is 0.941 bits per heavy atom. The number of hydrogen-bond donors (Lipinski definition) is 0. The van der Waals surface area contributed by atoms with Crippen LogP contribution in [-0.2, 0) is 0 Å². The lowest BCUT2D eigenvalue weighted by atomic mass is 10.2. The molecule has 0 bridgehead atoms. The fraction of sp³-hybridized carbons (Fsp3) is 0.200. The summed E-state index contributed by atoms with van der Waals surface area (Å²) < 4.78 is 5.41. The van der Waals surface area contributed by atoms with Gasteiger partial charge in [-0.3, -0.25) is 0 Å². The third-order valence-corrected chi connectivity index (χ3v) is 3.58. The Kier molecular flexibility index (Phi) is 3.75. The van der Waals surface area contributed by atoms with E-state index in [0.29, 0.717) is 0 Å². The Hall–Kier alpha value is -1.41. The van der Waals surface area contributed by atoms with E-state index in [1.165, 1.54) is 16.0 Å². The van der Waals surface area contributed by atoms with Crippen molar-refractivity contribution in [3.05, 3.63) is 53.6 Å². The number of methoxy groups -OCH3 is 1. The van der Waals surface area contributed by atoms with Gasteiger partial charge in [0.15, 0.2) is 0 Å². The molecule has 1 nitrogen and oxygen atoms in total. The lowest BCUT2D eigenvalue weighted by Crippen LogP contribution is -1.87. The molecule has 0 saturated carbocycles. The highest BCUT2D eigenvalue weighted by Gasteiger charge is 2.05. The van der Waals surface area contributed by atoms with E-state index in [1.54, 1.807) is 18.9 Å². The number of rotatable bonds is 3. The first-order valence-corrected chi connectivity index (χ1v) is 6.40. The minimum Gasteiger partial charge on any atom is -0.496 e. The van der Waals surface area contributed by atoms with E-state index in [1.807, 2.05) is 0 Å². The van der Waals surface area contributed by atoms with Crippen molar-refractivity contribution in [2.45, 2.75) is 23.6 Å². The van der Waals surface area contributed by atoms with Gasteiger partial charge in [-0.15, -0.1) is 0 Å². The van der Waals surface area contributed by atoms with Crippen LogP contribution in [0, 0.1) is 13.8 Å². The van der Waals surface area contributed by atoms with Gasteiger partial charge in [0.1, 0.15) is 5.75 Å². The van der Waals surface area contributed by atoms with Gasteiger partial charge in [0.2, 0.25) is 0 Å². The zero-order valence-electron chi connectivity index (χ0n) is 10.4. The Balaban J connectivity index is 2.29. The van der Waals surface area contributed by atoms with E-state index in [-0.39, 0.29) is 0 Å². The van der Waals surface area contributed by atoms with Crippen LogP contribution in [0.2, 0.25) is 0 Å². The standard InChI is InChI=1S/C15H16OS/c1-11-5-4-6-13(9-11)17-15-8-7-12(2)10-14(15)16-3/h4-10H,1-3H3. The van der Waals surface area contributed by atoms with Gasteiger partial charge in [-0.1, -0.05) is 35.5 Å². The maximum Gasteiger partial charge on any atom is 0.133 e. The number of aryl methyl sites for hydroxylation is 2. The largest absolute Gasteiger partial charge is 0.496 e. The van der Waals surface area contributed by atoms with E-state index in [0.717, 1.165) is 10.6 Å². The normalized spacial score (nSPS) is 10.3. The van der Waals surface area contributed by atoms with Crippen LogP contribution in [0.25, 0.3) is 0 Å². The van der Waals surface area contributed by atoms with Crippen molar-refractivity contribution in [3.63, 3.8) is 0 Å². The molecule has 0 radical (unpaired) electrons. The third-order valence-electron chi connectivity index (χ3n) is 2.54. The van der Waals surface area contributed by atoms with Gasteiger partial charge in [0.25, 0.3) is 0 Å². The van der Waals surface area contributed by atoms with Crippen molar-refractivity contribution < 1.29 is 4.74 Å². The van der Waals surface area contributed by atoms with Gasteiger partial charge < -0.3 is 4.74 Å². The first-order chi connectivity index (χ1) is 8.19. The second-order valence-corrected chi connectivity index (χ2v) is 5.19. The maximum absolute atomic E-state index is 5.41. The van der Waals surface area contributed by atoms with Gasteiger partial charge in [-0.05, 0) is 43.7 Å². The second kappa shape index (κ2) is 5.28. The van der Waals surface area contributed by atoms with Gasteiger partial charge in [0, 0.05) is 4.90 Å². The molecule has 0 fully saturated rings. The van der Waals surface area contributed by atoms with Crippen LogP contribution in [0.3, 0.4) is 0 Å². The predicted octanol–water partition coefficient (Wildman–Crippen LogP) is 4.46. The minimum absolute atomic E-state index is 0.941. The molecule has 2 heteroatoms. The van der Waals surface area contributed by atoms with E-state index < -0.39 is 0 Å². The van der Waals surface area contributed by atoms with Gasteiger partial charge >= 0.3 is 0 Å². The van der Waals surface area contributed by atoms with Crippen LogP contribution in [0.15, 0.2) is 52.3 Å². The second-order valence-electron chi connectivity index (χ2n) is 4.07. The number of ether oxygens (including phenoxy) is 1. The molecule has 0 aliphatic rings. The Labute approximate surface area is 107 Å². The Morgan fingerprint density at radius 3 is 2.41 bits per heavy atom. The average Bonchev–Trinajstić information content (AvgIpc) is 2.31. The predicted molar refractivity (Wildman–Crippen MR) is 73.0 cm³/mol. The smallest absolute Gasteiger partial charge is 0.133 e. The SMILES string of the molecule is COc1cc(C)ccc1Sc1cccc(C)c1. The molecule has 0 unspecified atom stereocenters. The molecule has 0 heterocycles. The summed E-state index contributed by atoms with van der Waals surface area (Å²) >= 11 is 1.74. The molecule has 0 amide bonds. The zero-order valence-corrected chi connectivity index (χ0v) is 11.2. The van der Waals surface area contributed by atoms with Crippen molar-refractivity contribution >= 4 is 11.8 Å². The molecule has 2 aromatic rings. The van der Waals surface area contributed by atoms with E-state index in [2.05, 4.69) is 56.3 Å². The molecule has 2 aromatic carbocycles. The highest BCUT2D eigenvalue weighted by molar-refractivity contribution is 7.99. The summed E-state index contributed by atoms with van der Waals surface area (Å²) in [5.74, 6) is 0.941. The summed E-state index contributed by atoms with van der Waals surface area (Å²) in [4.78, 5) is 2.40. The molecule has 0 spiro atoms. The van der Waals surface area contributed by atoms with Gasteiger partial charge in [-0.25, -0.2) is 0 Å². The van der Waals surface area contributed by atoms with Crippen molar-refractivity contribution in [3.8, 4) is 5.75 Å². The molecule has 0 N–H and O–H groups in total. The van der Waals surface area contributed by atoms with Crippen LogP contribution in [0.4, 0.5) is 0 Å². The van der Waals surface area contributed by atoms with Crippen LogP contribution in [-0.4, -0.2) is 7.11 Å². The van der Waals surface area contributed by atoms with Crippen molar-refractivity contribution in [1.82, 2.24) is 0 Å². The Morgan fingerprint density at radius 2 is 1.71 bits per heavy atom. The van der Waals surface area contributed by atoms with Crippen LogP contribution >= 0.6 is 11.8 Å². The molecule has 0 aliphatic carbocycles. The summed E-state index contributed by atoms with van der Waals surface area (Å²) in [6.45, 7) is 4.18. The summed E-state index contributed by atoms with van der Waals surface area (Å²) in [6, 6.07) is 14.8. The monoisotopic (exact) mass is 244 g/mol. The summed E-state index contributed by atoms with van der Waals surface area (Å²) in [5, 5.41) is 0. The Bertz CT molecular complexity index is 520. The topological polar surface area (TPSA) is 9.23 Å². The average molecular weight is 244 g/mol. The first kappa shape index (κ1) is 12.1. The van der Waals surface area contributed by atoms with Crippen molar-refractivity contribution in [1.29, 1.82) is 0 Å². The summed E-state index contributed by atoms with van der Waals surface area (Å²) in [5.41, 5.74) is 2.50. The molecule has 2 rings (SSSR count). The highest BCUT2D eigenvalue weighted by Crippen LogP contribution is 2.35. The summed E-state index contributed by atoms with van der Waals surface area (Å²) in [7, 11) is 1.72. The molecule has 0 atom stereocenters. The summed E-state index contributed by atoms with van der Waals surface area (Å²) in [6.07, 6.45) is 0. The first-order valence-electron chi connectivity index (χ1n) is 5.58. The van der Waals surface area contributed by atoms with E-state index in [4.69, 9.17) is 4.74 Å². The van der Waals surface area contributed by atoms with Gasteiger partial charge in [-0.2, -0.15) is 0 Å². The molecule has 17 heavy (non-hydrogen) atoms. The molecule has 0 aliphatic heterocycles. The number of benzene rings is 2. The van der Waals surface area contributed by atoms with Crippen molar-refractivity contribution in [2.75, 3.05) is 7.11 Å². The molecular weight excluding hydrogens is 228 g/mol. The van der Waals surface area contributed by atoms with Gasteiger partial charge in [0.05, 0.1) is 12.0 Å². The fourth-order valence-corrected chi connectivity index (χ4v) is 2.69. The van der Waals surface area contributed by atoms with E-state index in [9.17, 15) is 0 Å². The molecule has 88 valence electrons. The van der Waals surface area contributed by atoms with Crippen LogP contribution in [0.1, 0.15) is 11.1 Å². The van der Waals surface area contributed by atoms with Crippen LogP contribution < -0.4 is 4.74 Å². The number of hydrogen-bond acceptors (Lipinski definition) is 2. The highest BCUT2D eigenvalue weighted by atomic mass is 32.2. The quantitative estimate of drug-likeness (QED) is 0.788. The molecular formula is C15H16OS. The maximum atomic E-state index is 5.41. The lowest BCUT2D eigenvalue weighted by molar-refractivity contribution is 0.404. The zero-order chi connectivity index (χ0) is 12.3. The third kappa shape index (κ3) is 3.04. The molecule has 0 aromatic heterocycles. The lowest BCUT2D eigenvalue weighted by Gasteiger charge is -2.09. The van der Waals surface area contributed by atoms with Crippen molar-refractivity contribution in [2.24, 2.45) is 0 Å². The van der Waals surface area contributed by atoms with E-state index >= 15 is 0 Å². The minimum atomic E-state index is 0.941. The molecule has 0 saturated heterocycles.